The van der Waals surface area contributed by atoms with Crippen LogP contribution in [0.5, 0.6) is 5.75 Å². The molecule has 1 aliphatic carbocycles. The van der Waals surface area contributed by atoms with Crippen LogP contribution in [0.15, 0.2) is 30.6 Å². The minimum absolute atomic E-state index is 0.0305. The van der Waals surface area contributed by atoms with Crippen LogP contribution in [0.3, 0.4) is 0 Å². The highest BCUT2D eigenvalue weighted by Crippen LogP contribution is 2.50. The molecule has 1 saturated carbocycles. The molecule has 1 saturated heterocycles. The van der Waals surface area contributed by atoms with E-state index in [1.807, 2.05) is 17.7 Å². The molecule has 3 aliphatic heterocycles. The highest BCUT2D eigenvalue weighted by molar-refractivity contribution is 6.11. The monoisotopic (exact) mass is 569 g/mol. The minimum atomic E-state index is -4.64. The largest absolute Gasteiger partial charge is 0.491 e. The third-order valence-corrected chi connectivity index (χ3v) is 9.23. The van der Waals surface area contributed by atoms with Gasteiger partial charge in [-0.3, -0.25) is 9.69 Å². The van der Waals surface area contributed by atoms with Gasteiger partial charge in [0.2, 0.25) is 0 Å². The van der Waals surface area contributed by atoms with Crippen LogP contribution in [0.2, 0.25) is 0 Å². The molecule has 7 nitrogen and oxygen atoms in total. The summed E-state index contributed by atoms with van der Waals surface area (Å²) in [5, 5.41) is 8.58. The van der Waals surface area contributed by atoms with E-state index in [0.717, 1.165) is 48.7 Å². The average molecular weight is 570 g/mol. The molecule has 0 bridgehead atoms. The lowest BCUT2D eigenvalue weighted by atomic mass is 9.77. The number of aromatic nitrogens is 3. The van der Waals surface area contributed by atoms with Gasteiger partial charge < -0.3 is 14.2 Å². The van der Waals surface area contributed by atoms with Gasteiger partial charge in [0.15, 0.2) is 0 Å². The minimum Gasteiger partial charge on any atom is -0.491 e. The maximum atomic E-state index is 14.3. The summed E-state index contributed by atoms with van der Waals surface area (Å²) in [6.45, 7) is 1.07. The van der Waals surface area contributed by atoms with E-state index in [0.29, 0.717) is 43.0 Å². The zero-order valence-electron chi connectivity index (χ0n) is 22.8. The Balaban J connectivity index is 1.31. The lowest BCUT2D eigenvalue weighted by Gasteiger charge is -2.30. The normalized spacial score (nSPS) is 21.9. The summed E-state index contributed by atoms with van der Waals surface area (Å²) < 4.78 is 64.7. The zero-order valence-corrected chi connectivity index (χ0v) is 22.8. The van der Waals surface area contributed by atoms with Crippen molar-refractivity contribution in [2.45, 2.75) is 69.4 Å². The number of anilines is 1. The molecule has 3 aromatic rings. The number of alkyl halides is 4. The molecule has 0 N–H and O–H groups in total. The molecule has 7 rings (SSSR count). The number of fused-ring (bicyclic) bond motifs is 2. The third-order valence-electron chi connectivity index (χ3n) is 9.23. The van der Waals surface area contributed by atoms with Crippen molar-refractivity contribution in [1.82, 2.24) is 19.7 Å². The fourth-order valence-corrected chi connectivity index (χ4v) is 7.30. The SMILES string of the molecule is Cn1cnnc1C1(c2cc3c(c(N4Cc5c(cc(CN6CC[C@H](F)C6)cc5C(F)(F)F)C4=O)c2)OCC3)CCCC1. The lowest BCUT2D eigenvalue weighted by Crippen LogP contribution is -2.29. The first-order valence-corrected chi connectivity index (χ1v) is 14.2. The summed E-state index contributed by atoms with van der Waals surface area (Å²) in [6.07, 6.45) is 0.842. The van der Waals surface area contributed by atoms with Crippen LogP contribution in [0.1, 0.15) is 76.1 Å². The van der Waals surface area contributed by atoms with Gasteiger partial charge >= 0.3 is 6.18 Å². The van der Waals surface area contributed by atoms with Crippen molar-refractivity contribution in [2.75, 3.05) is 24.6 Å². The van der Waals surface area contributed by atoms with E-state index in [9.17, 15) is 22.4 Å². The van der Waals surface area contributed by atoms with Crippen molar-refractivity contribution in [3.63, 3.8) is 0 Å². The van der Waals surface area contributed by atoms with Gasteiger partial charge in [-0.15, -0.1) is 10.2 Å². The first kappa shape index (κ1) is 26.4. The average Bonchev–Trinajstić information content (AvgIpc) is 3.75. The lowest BCUT2D eigenvalue weighted by molar-refractivity contribution is -0.138. The number of halogens is 4. The molecular weight excluding hydrogens is 538 g/mol. The Morgan fingerprint density at radius 1 is 1.15 bits per heavy atom. The second-order valence-corrected chi connectivity index (χ2v) is 11.8. The number of amides is 1. The molecule has 216 valence electrons. The van der Waals surface area contributed by atoms with Gasteiger partial charge in [-0.1, -0.05) is 18.9 Å². The van der Waals surface area contributed by atoms with Gasteiger partial charge in [-0.2, -0.15) is 13.2 Å². The Morgan fingerprint density at radius 2 is 1.95 bits per heavy atom. The predicted octanol–water partition coefficient (Wildman–Crippen LogP) is 5.33. The van der Waals surface area contributed by atoms with E-state index in [-0.39, 0.29) is 30.8 Å². The summed E-state index contributed by atoms with van der Waals surface area (Å²) in [4.78, 5) is 17.1. The van der Waals surface area contributed by atoms with Crippen molar-refractivity contribution in [1.29, 1.82) is 0 Å². The van der Waals surface area contributed by atoms with E-state index in [1.165, 1.54) is 4.90 Å². The molecule has 2 fully saturated rings. The van der Waals surface area contributed by atoms with Crippen molar-refractivity contribution in [2.24, 2.45) is 7.05 Å². The number of rotatable bonds is 5. The van der Waals surface area contributed by atoms with Crippen LogP contribution >= 0.6 is 0 Å². The number of likely N-dealkylation sites (tertiary alicyclic amines) is 1. The summed E-state index contributed by atoms with van der Waals surface area (Å²) in [5.74, 6) is 0.921. The Bertz CT molecular complexity index is 1530. The van der Waals surface area contributed by atoms with Crippen molar-refractivity contribution < 1.29 is 27.1 Å². The number of aryl methyl sites for hydroxylation is 1. The molecule has 1 atom stereocenters. The van der Waals surface area contributed by atoms with Gasteiger partial charge in [0, 0.05) is 38.7 Å². The molecule has 0 radical (unpaired) electrons. The standard InChI is InChI=1S/C30H31F4N5O2/c1-37-17-35-36-28(37)29(6-2-3-7-29)20-12-19-5-9-41-26(19)25(13-20)39-16-23-22(27(39)40)10-18(11-24(23)30(32,33)34)14-38-8-4-21(31)15-38/h10-13,17,21H,2-9,14-16H2,1H3/t21-/m0/s1. The molecule has 11 heteroatoms. The van der Waals surface area contributed by atoms with Crippen molar-refractivity contribution in [3.8, 4) is 5.75 Å². The molecule has 4 aliphatic rings. The molecule has 4 heterocycles. The zero-order chi connectivity index (χ0) is 28.5. The highest BCUT2D eigenvalue weighted by atomic mass is 19.4. The predicted molar refractivity (Wildman–Crippen MR) is 143 cm³/mol. The molecule has 0 unspecified atom stereocenters. The number of ether oxygens (including phenoxy) is 1. The maximum Gasteiger partial charge on any atom is 0.416 e. The molecular formula is C30H31F4N5O2. The van der Waals surface area contributed by atoms with Crippen LogP contribution in [0.25, 0.3) is 0 Å². The Hall–Kier alpha value is -3.47. The molecule has 1 amide bonds. The number of nitrogens with zero attached hydrogens (tertiary/aromatic N) is 5. The van der Waals surface area contributed by atoms with E-state index < -0.39 is 29.2 Å². The van der Waals surface area contributed by atoms with Gasteiger partial charge in [-0.25, -0.2) is 4.39 Å². The summed E-state index contributed by atoms with van der Waals surface area (Å²) in [5.41, 5.74) is 1.60. The molecule has 0 spiro atoms. The fourth-order valence-electron chi connectivity index (χ4n) is 7.30. The Labute approximate surface area is 235 Å². The number of hydrogen-bond acceptors (Lipinski definition) is 5. The molecule has 2 aromatic carbocycles. The van der Waals surface area contributed by atoms with E-state index in [4.69, 9.17) is 4.74 Å². The summed E-state index contributed by atoms with van der Waals surface area (Å²) in [7, 11) is 1.92. The highest BCUT2D eigenvalue weighted by Gasteiger charge is 2.45. The van der Waals surface area contributed by atoms with E-state index in [2.05, 4.69) is 16.3 Å². The summed E-state index contributed by atoms with van der Waals surface area (Å²) in [6, 6.07) is 6.72. The quantitative estimate of drug-likeness (QED) is 0.389. The summed E-state index contributed by atoms with van der Waals surface area (Å²) >= 11 is 0. The van der Waals surface area contributed by atoms with Gasteiger partial charge in [0.05, 0.1) is 29.8 Å². The van der Waals surface area contributed by atoms with E-state index in [1.54, 1.807) is 17.3 Å². The van der Waals surface area contributed by atoms with Crippen LogP contribution < -0.4 is 9.64 Å². The van der Waals surface area contributed by atoms with Gasteiger partial charge in [0.25, 0.3) is 5.91 Å². The van der Waals surface area contributed by atoms with Crippen LogP contribution in [0.4, 0.5) is 23.2 Å². The first-order chi connectivity index (χ1) is 19.6. The second kappa shape index (κ2) is 9.54. The van der Waals surface area contributed by atoms with Gasteiger partial charge in [-0.05, 0) is 59.7 Å². The maximum absolute atomic E-state index is 14.3. The Morgan fingerprint density at radius 3 is 2.63 bits per heavy atom. The van der Waals surface area contributed by atoms with Crippen molar-refractivity contribution in [3.05, 3.63) is 69.8 Å². The first-order valence-electron chi connectivity index (χ1n) is 14.2. The van der Waals surface area contributed by atoms with Crippen molar-refractivity contribution >= 4 is 11.6 Å². The van der Waals surface area contributed by atoms with Gasteiger partial charge in [0.1, 0.15) is 24.1 Å². The number of hydrogen-bond donors (Lipinski definition) is 0. The van der Waals surface area contributed by atoms with E-state index >= 15 is 0 Å². The third kappa shape index (κ3) is 4.31. The van der Waals surface area contributed by atoms with Crippen LogP contribution in [0, 0.1) is 0 Å². The number of carbonyl (C=O) groups excluding carboxylic acids is 1. The Kier molecular flexibility index (Phi) is 6.15. The second-order valence-electron chi connectivity index (χ2n) is 11.8. The topological polar surface area (TPSA) is 63.5 Å². The fraction of sp³-hybridized carbons (Fsp3) is 0.500. The van der Waals surface area contributed by atoms with Crippen LogP contribution in [-0.4, -0.2) is 51.4 Å². The smallest absolute Gasteiger partial charge is 0.416 e. The van der Waals surface area contributed by atoms with Crippen LogP contribution in [-0.2, 0) is 38.1 Å². The number of benzene rings is 2. The molecule has 41 heavy (non-hydrogen) atoms. The number of carbonyl (C=O) groups is 1. The molecule has 1 aromatic heterocycles.